The Morgan fingerprint density at radius 2 is 2.00 bits per heavy atom. The van der Waals surface area contributed by atoms with Gasteiger partial charge in [0.2, 0.25) is 5.78 Å². The summed E-state index contributed by atoms with van der Waals surface area (Å²) >= 11 is 7.36. The molecule has 2 aromatic carbocycles. The number of aliphatic hydroxyl groups excluding tert-OH is 1. The van der Waals surface area contributed by atoms with Gasteiger partial charge in [-0.15, -0.1) is 11.3 Å². The van der Waals surface area contributed by atoms with Crippen LogP contribution in [0.15, 0.2) is 77.5 Å². The SMILES string of the molecule is COc1ccc2[nH]cc(CCN3C(=O)C(O)=C(C(=O)c4cccs4)[C@H]3c3ccc(Cl)cc3)c2c1. The molecule has 34 heavy (non-hydrogen) atoms. The topological polar surface area (TPSA) is 82.6 Å². The van der Waals surface area contributed by atoms with Crippen molar-refractivity contribution >= 4 is 45.5 Å². The summed E-state index contributed by atoms with van der Waals surface area (Å²) in [6.07, 6.45) is 2.43. The molecule has 0 saturated heterocycles. The van der Waals surface area contributed by atoms with Gasteiger partial charge in [0.25, 0.3) is 5.91 Å². The van der Waals surface area contributed by atoms with Gasteiger partial charge in [-0.2, -0.15) is 0 Å². The molecule has 6 nitrogen and oxygen atoms in total. The van der Waals surface area contributed by atoms with E-state index in [0.29, 0.717) is 28.4 Å². The molecule has 0 spiro atoms. The molecule has 2 N–H and O–H groups in total. The summed E-state index contributed by atoms with van der Waals surface area (Å²) in [5, 5.41) is 14.1. The van der Waals surface area contributed by atoms with Crippen LogP contribution in [0.2, 0.25) is 5.02 Å². The first-order chi connectivity index (χ1) is 16.5. The number of benzene rings is 2. The zero-order chi connectivity index (χ0) is 23.8. The second kappa shape index (κ2) is 9.00. The second-order valence-corrected chi connectivity index (χ2v) is 9.38. The molecule has 1 amide bonds. The largest absolute Gasteiger partial charge is 0.503 e. The highest BCUT2D eigenvalue weighted by molar-refractivity contribution is 7.12. The monoisotopic (exact) mass is 492 g/mol. The number of Topliss-reactive ketones (excluding diaryl/α,β-unsaturated/α-hetero) is 1. The molecular formula is C26H21ClN2O4S. The minimum Gasteiger partial charge on any atom is -0.503 e. The maximum Gasteiger partial charge on any atom is 0.290 e. The Morgan fingerprint density at radius 1 is 1.21 bits per heavy atom. The minimum atomic E-state index is -0.709. The van der Waals surface area contributed by atoms with Gasteiger partial charge >= 0.3 is 0 Å². The molecule has 172 valence electrons. The maximum absolute atomic E-state index is 13.3. The molecule has 0 fully saturated rings. The number of methoxy groups -OCH3 is 1. The highest BCUT2D eigenvalue weighted by atomic mass is 35.5. The number of aromatic amines is 1. The molecule has 0 radical (unpaired) electrons. The number of rotatable bonds is 7. The first-order valence-corrected chi connectivity index (χ1v) is 12.0. The Balaban J connectivity index is 1.50. The second-order valence-electron chi connectivity index (χ2n) is 8.00. The molecule has 1 aliphatic rings. The molecule has 0 saturated carbocycles. The van der Waals surface area contributed by atoms with Gasteiger partial charge in [-0.25, -0.2) is 0 Å². The predicted octanol–water partition coefficient (Wildman–Crippen LogP) is 5.71. The van der Waals surface area contributed by atoms with Crippen LogP contribution in [-0.2, 0) is 11.2 Å². The fourth-order valence-electron chi connectivity index (χ4n) is 4.38. The van der Waals surface area contributed by atoms with Gasteiger partial charge in [0, 0.05) is 28.7 Å². The zero-order valence-electron chi connectivity index (χ0n) is 18.2. The quantitative estimate of drug-likeness (QED) is 0.323. The molecule has 1 atom stereocenters. The highest BCUT2D eigenvalue weighted by Gasteiger charge is 2.43. The summed E-state index contributed by atoms with van der Waals surface area (Å²) in [7, 11) is 1.62. The van der Waals surface area contributed by atoms with Crippen molar-refractivity contribution in [1.29, 1.82) is 0 Å². The lowest BCUT2D eigenvalue weighted by Crippen LogP contribution is -2.33. The molecule has 1 aliphatic heterocycles. The number of carbonyl (C=O) groups is 2. The number of thiophene rings is 1. The molecule has 8 heteroatoms. The maximum atomic E-state index is 13.3. The van der Waals surface area contributed by atoms with Gasteiger partial charge in [-0.05, 0) is 59.3 Å². The van der Waals surface area contributed by atoms with E-state index in [9.17, 15) is 14.7 Å². The number of fused-ring (bicyclic) bond motifs is 1. The number of ether oxygens (including phenoxy) is 1. The van der Waals surface area contributed by atoms with E-state index in [4.69, 9.17) is 16.3 Å². The Labute approximate surface area is 205 Å². The molecule has 5 rings (SSSR count). The fourth-order valence-corrected chi connectivity index (χ4v) is 5.18. The molecule has 3 heterocycles. The van der Waals surface area contributed by atoms with E-state index in [1.165, 1.54) is 11.3 Å². The van der Waals surface area contributed by atoms with Crippen LogP contribution in [0.1, 0.15) is 26.8 Å². The number of H-pyrrole nitrogens is 1. The number of amides is 1. The Bertz CT molecular complexity index is 1410. The standard InChI is InChI=1S/C26H21ClN2O4S/c1-33-18-8-9-20-19(13-18)16(14-28-20)10-11-29-23(15-4-6-17(27)7-5-15)22(25(31)26(29)32)24(30)21-3-2-12-34-21/h2-9,12-14,23,28,31H,10-11H2,1H3/t23-/m1/s1. The number of nitrogens with one attached hydrogen (secondary N) is 1. The van der Waals surface area contributed by atoms with Gasteiger partial charge in [0.05, 0.1) is 23.6 Å². The van der Waals surface area contributed by atoms with Crippen molar-refractivity contribution in [2.45, 2.75) is 12.5 Å². The highest BCUT2D eigenvalue weighted by Crippen LogP contribution is 2.40. The Morgan fingerprint density at radius 3 is 2.71 bits per heavy atom. The van der Waals surface area contributed by atoms with Gasteiger partial charge in [0.15, 0.2) is 5.76 Å². The van der Waals surface area contributed by atoms with Crippen molar-refractivity contribution in [2.24, 2.45) is 0 Å². The lowest BCUT2D eigenvalue weighted by molar-refractivity contribution is -0.129. The Kier molecular flexibility index (Phi) is 5.89. The number of aromatic nitrogens is 1. The fraction of sp³-hybridized carbons (Fsp3) is 0.154. The number of ketones is 1. The average molecular weight is 493 g/mol. The summed E-state index contributed by atoms with van der Waals surface area (Å²) in [6, 6.07) is 15.5. The van der Waals surface area contributed by atoms with Crippen LogP contribution in [-0.4, -0.2) is 40.3 Å². The van der Waals surface area contributed by atoms with Crippen molar-refractivity contribution in [3.05, 3.63) is 98.5 Å². The average Bonchev–Trinajstić information content (AvgIpc) is 3.58. The zero-order valence-corrected chi connectivity index (χ0v) is 19.8. The number of hydrogen-bond acceptors (Lipinski definition) is 5. The van der Waals surface area contributed by atoms with Crippen LogP contribution in [0, 0.1) is 0 Å². The molecular weight excluding hydrogens is 472 g/mol. The minimum absolute atomic E-state index is 0.0929. The third-order valence-corrected chi connectivity index (χ3v) is 7.20. The van der Waals surface area contributed by atoms with Crippen LogP contribution in [0.3, 0.4) is 0 Å². The number of carbonyl (C=O) groups excluding carboxylic acids is 2. The first-order valence-electron chi connectivity index (χ1n) is 10.7. The van der Waals surface area contributed by atoms with Crippen molar-refractivity contribution in [3.63, 3.8) is 0 Å². The van der Waals surface area contributed by atoms with Crippen LogP contribution in [0.25, 0.3) is 10.9 Å². The third kappa shape index (κ3) is 3.87. The van der Waals surface area contributed by atoms with E-state index in [2.05, 4.69) is 4.98 Å². The van der Waals surface area contributed by atoms with E-state index < -0.39 is 17.7 Å². The van der Waals surface area contributed by atoms with Crippen LogP contribution in [0.5, 0.6) is 5.75 Å². The van der Waals surface area contributed by atoms with E-state index in [1.807, 2.05) is 24.4 Å². The first kappa shape index (κ1) is 22.3. The molecule has 0 bridgehead atoms. The Hall–Kier alpha value is -3.55. The molecule has 0 aliphatic carbocycles. The summed E-state index contributed by atoms with van der Waals surface area (Å²) in [6.45, 7) is 0.307. The van der Waals surface area contributed by atoms with E-state index in [0.717, 1.165) is 22.2 Å². The summed E-state index contributed by atoms with van der Waals surface area (Å²) in [4.78, 5) is 31.8. The summed E-state index contributed by atoms with van der Waals surface area (Å²) < 4.78 is 5.35. The smallest absolute Gasteiger partial charge is 0.290 e. The van der Waals surface area contributed by atoms with Gasteiger partial charge in [-0.1, -0.05) is 29.8 Å². The number of halogens is 1. The summed E-state index contributed by atoms with van der Waals surface area (Å²) in [5.41, 5.74) is 2.78. The summed E-state index contributed by atoms with van der Waals surface area (Å²) in [5.74, 6) is -0.663. The van der Waals surface area contributed by atoms with E-state index in [1.54, 1.807) is 53.8 Å². The van der Waals surface area contributed by atoms with Crippen LogP contribution >= 0.6 is 22.9 Å². The number of nitrogens with zero attached hydrogens (tertiary/aromatic N) is 1. The predicted molar refractivity (Wildman–Crippen MR) is 133 cm³/mol. The van der Waals surface area contributed by atoms with Crippen LogP contribution < -0.4 is 4.74 Å². The van der Waals surface area contributed by atoms with Gasteiger partial charge in [-0.3, -0.25) is 9.59 Å². The van der Waals surface area contributed by atoms with E-state index >= 15 is 0 Å². The van der Waals surface area contributed by atoms with Crippen molar-refractivity contribution in [3.8, 4) is 5.75 Å². The van der Waals surface area contributed by atoms with Gasteiger partial charge < -0.3 is 19.7 Å². The normalized spacial score (nSPS) is 16.0. The van der Waals surface area contributed by atoms with E-state index in [-0.39, 0.29) is 11.4 Å². The lowest BCUT2D eigenvalue weighted by atomic mass is 9.95. The van der Waals surface area contributed by atoms with Crippen molar-refractivity contribution in [1.82, 2.24) is 9.88 Å². The third-order valence-electron chi connectivity index (χ3n) is 6.08. The van der Waals surface area contributed by atoms with Crippen molar-refractivity contribution in [2.75, 3.05) is 13.7 Å². The van der Waals surface area contributed by atoms with Crippen LogP contribution in [0.4, 0.5) is 0 Å². The molecule has 2 aromatic heterocycles. The number of aliphatic hydroxyl groups is 1. The number of hydrogen-bond donors (Lipinski definition) is 2. The van der Waals surface area contributed by atoms with Gasteiger partial charge in [0.1, 0.15) is 5.75 Å². The molecule has 4 aromatic rings. The van der Waals surface area contributed by atoms with Crippen molar-refractivity contribution < 1.29 is 19.4 Å². The molecule has 0 unspecified atom stereocenters. The lowest BCUT2D eigenvalue weighted by Gasteiger charge is -2.27.